The minimum absolute atomic E-state index is 0.665. The average Bonchev–Trinajstić information content (AvgIpc) is 2.74. The normalized spacial score (nSPS) is 20.7. The third-order valence-corrected chi connectivity index (χ3v) is 8.89. The van der Waals surface area contributed by atoms with E-state index in [9.17, 15) is 0 Å². The van der Waals surface area contributed by atoms with Crippen molar-refractivity contribution in [2.45, 2.75) is 0 Å². The first-order valence-corrected chi connectivity index (χ1v) is 8.79. The third kappa shape index (κ3) is 2.59. The second-order valence-electron chi connectivity index (χ2n) is 1.99. The molecule has 0 amide bonds. The van der Waals surface area contributed by atoms with Crippen LogP contribution >= 0.6 is 23.5 Å². The van der Waals surface area contributed by atoms with E-state index in [1.807, 2.05) is 23.5 Å². The number of hydrogen-bond acceptors (Lipinski definition) is 2. The molecule has 0 saturated carbocycles. The van der Waals surface area contributed by atoms with Gasteiger partial charge in [0.25, 0.3) is 0 Å². The molecule has 0 N–H and O–H groups in total. The van der Waals surface area contributed by atoms with Crippen LogP contribution in [0.3, 0.4) is 0 Å². The molecule has 12 heavy (non-hydrogen) atoms. The molecule has 0 unspecified atom stereocenters. The van der Waals surface area contributed by atoms with Gasteiger partial charge in [0, 0.05) is 0 Å². The molecule has 62 valence electrons. The summed E-state index contributed by atoms with van der Waals surface area (Å²) >= 11 is 4.97. The molecule has 0 aromatic carbocycles. The number of thioether (sulfide) groups is 2. The van der Waals surface area contributed by atoms with Crippen LogP contribution in [0.15, 0.2) is 40.5 Å². The Morgan fingerprint density at radius 1 is 1.00 bits per heavy atom. The molecule has 0 saturated heterocycles. The van der Waals surface area contributed by atoms with E-state index in [-0.39, 0.29) is 0 Å². The topological polar surface area (TPSA) is 0 Å². The molecular formula is C8H6S2Se2. The first-order valence-electron chi connectivity index (χ1n) is 3.34. The van der Waals surface area contributed by atoms with Gasteiger partial charge >= 0.3 is 94.0 Å². The number of allylic oxidation sites excluding steroid dienone is 2. The van der Waals surface area contributed by atoms with Crippen molar-refractivity contribution < 1.29 is 0 Å². The van der Waals surface area contributed by atoms with E-state index >= 15 is 0 Å². The Morgan fingerprint density at radius 3 is 2.33 bits per heavy atom. The molecule has 0 fully saturated rings. The summed E-state index contributed by atoms with van der Waals surface area (Å²) in [5.74, 6) is 0. The van der Waals surface area contributed by atoms with Crippen LogP contribution in [0.5, 0.6) is 0 Å². The monoisotopic (exact) mass is 326 g/mol. The molecule has 2 heterocycles. The quantitative estimate of drug-likeness (QED) is 0.680. The minimum atomic E-state index is 0.665. The van der Waals surface area contributed by atoms with Crippen molar-refractivity contribution in [2.24, 2.45) is 0 Å². The van der Waals surface area contributed by atoms with Crippen LogP contribution in [0.4, 0.5) is 0 Å². The van der Waals surface area contributed by atoms with Crippen LogP contribution in [0.2, 0.25) is 0 Å². The molecular weight excluding hydrogens is 318 g/mol. The van der Waals surface area contributed by atoms with Crippen molar-refractivity contribution in [2.75, 3.05) is 0 Å². The summed E-state index contributed by atoms with van der Waals surface area (Å²) in [7, 11) is 0. The summed E-state index contributed by atoms with van der Waals surface area (Å²) in [5, 5.41) is 4.27. The van der Waals surface area contributed by atoms with Gasteiger partial charge in [0.05, 0.1) is 0 Å². The third-order valence-electron chi connectivity index (χ3n) is 1.20. The molecule has 0 aliphatic carbocycles. The Bertz CT molecular complexity index is 239. The molecule has 0 aromatic rings. The Balaban J connectivity index is 1.95. The molecule has 0 nitrogen and oxygen atoms in total. The van der Waals surface area contributed by atoms with Gasteiger partial charge in [-0.2, -0.15) is 0 Å². The molecule has 0 spiro atoms. The Labute approximate surface area is 93.3 Å². The van der Waals surface area contributed by atoms with Crippen LogP contribution in [0, 0.1) is 0 Å². The second kappa shape index (κ2) is 4.80. The zero-order valence-electron chi connectivity index (χ0n) is 6.10. The van der Waals surface area contributed by atoms with E-state index in [0.29, 0.717) is 29.9 Å². The van der Waals surface area contributed by atoms with Gasteiger partial charge in [0.2, 0.25) is 0 Å². The summed E-state index contributed by atoms with van der Waals surface area (Å²) in [5.41, 5.74) is 0. The van der Waals surface area contributed by atoms with Crippen LogP contribution in [0.25, 0.3) is 0 Å². The van der Waals surface area contributed by atoms with Gasteiger partial charge < -0.3 is 0 Å². The first-order chi connectivity index (χ1) is 5.95. The Hall–Kier alpha value is 0.699. The van der Waals surface area contributed by atoms with Crippen molar-refractivity contribution in [3.05, 3.63) is 40.5 Å². The van der Waals surface area contributed by atoms with E-state index in [4.69, 9.17) is 0 Å². The molecule has 2 aliphatic heterocycles. The van der Waals surface area contributed by atoms with Gasteiger partial charge in [-0.25, -0.2) is 0 Å². The first kappa shape index (κ1) is 9.26. The van der Waals surface area contributed by atoms with Crippen molar-refractivity contribution in [1.82, 2.24) is 0 Å². The van der Waals surface area contributed by atoms with Crippen LogP contribution < -0.4 is 0 Å². The van der Waals surface area contributed by atoms with Gasteiger partial charge in [-0.15, -0.1) is 0 Å². The maximum absolute atomic E-state index is 2.32. The number of rotatable bonds is 1. The van der Waals surface area contributed by atoms with Crippen molar-refractivity contribution in [3.8, 4) is 0 Å². The fourth-order valence-electron chi connectivity index (χ4n) is 0.728. The number of hydrogen-bond donors (Lipinski definition) is 0. The summed E-state index contributed by atoms with van der Waals surface area (Å²) in [6, 6.07) is 0. The average molecular weight is 324 g/mol. The predicted molar refractivity (Wildman–Crippen MR) is 61.1 cm³/mol. The molecule has 4 heteroatoms. The zero-order valence-corrected chi connectivity index (χ0v) is 11.2. The van der Waals surface area contributed by atoms with E-state index in [0.717, 1.165) is 0 Å². The van der Waals surface area contributed by atoms with Crippen molar-refractivity contribution in [1.29, 1.82) is 0 Å². The molecule has 0 bridgehead atoms. The molecule has 0 radical (unpaired) electrons. The SMILES string of the molecule is C1=CSC(=CC=C2[Se]C=C[Se]2)S1. The van der Waals surface area contributed by atoms with E-state index in [2.05, 4.69) is 32.9 Å². The van der Waals surface area contributed by atoms with Crippen molar-refractivity contribution in [3.63, 3.8) is 0 Å². The van der Waals surface area contributed by atoms with Gasteiger partial charge in [-0.3, -0.25) is 0 Å². The second-order valence-corrected chi connectivity index (χ2v) is 9.43. The summed E-state index contributed by atoms with van der Waals surface area (Å²) in [4.78, 5) is 4.65. The molecule has 2 rings (SSSR count). The fraction of sp³-hybridized carbons (Fsp3) is 0. The maximum atomic E-state index is 2.32. The summed E-state index contributed by atoms with van der Waals surface area (Å²) in [6.45, 7) is 0. The molecule has 0 aromatic heterocycles. The van der Waals surface area contributed by atoms with Gasteiger partial charge in [-0.1, -0.05) is 0 Å². The summed E-state index contributed by atoms with van der Waals surface area (Å²) < 4.78 is 3.05. The van der Waals surface area contributed by atoms with Crippen LogP contribution in [-0.2, 0) is 0 Å². The van der Waals surface area contributed by atoms with Gasteiger partial charge in [0.1, 0.15) is 0 Å². The standard InChI is InChI=1S/C8H6S2Se2/c1(7-9-3-4-10-7)2-8-11-5-6-12-8/h1-6H. The molecule has 0 atom stereocenters. The van der Waals surface area contributed by atoms with Crippen LogP contribution in [0.1, 0.15) is 0 Å². The Kier molecular flexibility index (Phi) is 3.71. The predicted octanol–water partition coefficient (Wildman–Crippen LogP) is 2.51. The fourth-order valence-corrected chi connectivity index (χ4v) is 6.85. The van der Waals surface area contributed by atoms with Crippen molar-refractivity contribution >= 4 is 53.4 Å². The zero-order chi connectivity index (χ0) is 8.23. The summed E-state index contributed by atoms with van der Waals surface area (Å²) in [6.07, 6.45) is 4.56. The Morgan fingerprint density at radius 2 is 1.67 bits per heavy atom. The van der Waals surface area contributed by atoms with E-state index in [1.165, 1.54) is 4.24 Å². The van der Waals surface area contributed by atoms with E-state index < -0.39 is 0 Å². The van der Waals surface area contributed by atoms with Crippen LogP contribution in [-0.4, -0.2) is 29.9 Å². The van der Waals surface area contributed by atoms with E-state index in [1.54, 1.807) is 3.37 Å². The van der Waals surface area contributed by atoms with Gasteiger partial charge in [-0.05, 0) is 0 Å². The van der Waals surface area contributed by atoms with Gasteiger partial charge in [0.15, 0.2) is 0 Å². The molecule has 2 aliphatic rings.